The van der Waals surface area contributed by atoms with Gasteiger partial charge in [0.25, 0.3) is 0 Å². The Bertz CT molecular complexity index is 1040. The summed E-state index contributed by atoms with van der Waals surface area (Å²) in [6.45, 7) is 5.17. The fraction of sp³-hybridized carbons (Fsp3) is 0.478. The van der Waals surface area contributed by atoms with Gasteiger partial charge in [0, 0.05) is 30.6 Å². The minimum Gasteiger partial charge on any atom is -0.334 e. The number of nitrogens with one attached hydrogen (secondary N) is 2. The predicted octanol–water partition coefficient (Wildman–Crippen LogP) is 4.89. The van der Waals surface area contributed by atoms with Gasteiger partial charge in [0.05, 0.1) is 6.04 Å². The van der Waals surface area contributed by atoms with E-state index in [2.05, 4.69) is 39.2 Å². The Morgan fingerprint density at radius 1 is 1.13 bits per heavy atom. The fourth-order valence-electron chi connectivity index (χ4n) is 4.20. The second-order valence-electron chi connectivity index (χ2n) is 8.98. The van der Waals surface area contributed by atoms with Crippen LogP contribution in [0.15, 0.2) is 30.3 Å². The summed E-state index contributed by atoms with van der Waals surface area (Å²) in [5, 5.41) is 10.8. The molecule has 162 valence electrons. The second kappa shape index (κ2) is 8.24. The molecule has 5 rings (SSSR count). The molecule has 2 aromatic heterocycles. The van der Waals surface area contributed by atoms with Gasteiger partial charge in [-0.05, 0) is 49.3 Å². The van der Waals surface area contributed by atoms with Gasteiger partial charge in [0.1, 0.15) is 11.6 Å². The van der Waals surface area contributed by atoms with Gasteiger partial charge in [-0.2, -0.15) is 20.1 Å². The Hall–Kier alpha value is -3.03. The fourth-order valence-corrected chi connectivity index (χ4v) is 4.20. The zero-order valence-electron chi connectivity index (χ0n) is 18.0. The molecule has 0 radical (unpaired) electrons. The van der Waals surface area contributed by atoms with Gasteiger partial charge in [-0.15, -0.1) is 0 Å². The van der Waals surface area contributed by atoms with Crippen molar-refractivity contribution in [2.24, 2.45) is 5.92 Å². The highest BCUT2D eigenvalue weighted by Crippen LogP contribution is 2.40. The molecule has 2 aliphatic rings. The van der Waals surface area contributed by atoms with Crippen LogP contribution in [-0.4, -0.2) is 31.7 Å². The van der Waals surface area contributed by atoms with E-state index < -0.39 is 0 Å². The maximum atomic E-state index is 13.4. The maximum absolute atomic E-state index is 13.4. The molecule has 0 spiro atoms. The maximum Gasteiger partial charge on any atom is 0.233 e. The summed E-state index contributed by atoms with van der Waals surface area (Å²) < 4.78 is 13.4. The third kappa shape index (κ3) is 4.52. The molecule has 0 amide bonds. The third-order valence-corrected chi connectivity index (χ3v) is 5.88. The van der Waals surface area contributed by atoms with E-state index in [4.69, 9.17) is 9.97 Å². The first-order valence-electron chi connectivity index (χ1n) is 11.1. The van der Waals surface area contributed by atoms with Crippen LogP contribution in [-0.2, 0) is 6.42 Å². The molecular weight excluding hydrogens is 393 g/mol. The van der Waals surface area contributed by atoms with Crippen LogP contribution in [0.2, 0.25) is 0 Å². The first kappa shape index (κ1) is 19.9. The molecule has 0 bridgehead atoms. The summed E-state index contributed by atoms with van der Waals surface area (Å²) >= 11 is 0. The molecular formula is C23H28FN7. The molecule has 1 aliphatic carbocycles. The lowest BCUT2D eigenvalue weighted by Gasteiger charge is -2.25. The van der Waals surface area contributed by atoms with Crippen LogP contribution in [0.3, 0.4) is 0 Å². The van der Waals surface area contributed by atoms with E-state index >= 15 is 0 Å². The number of hydrogen-bond acceptors (Lipinski definition) is 6. The van der Waals surface area contributed by atoms with Crippen LogP contribution in [0.5, 0.6) is 0 Å². The second-order valence-corrected chi connectivity index (χ2v) is 8.98. The van der Waals surface area contributed by atoms with Gasteiger partial charge in [0.2, 0.25) is 11.9 Å². The topological polar surface area (TPSA) is 82.6 Å². The van der Waals surface area contributed by atoms with Gasteiger partial charge in [-0.3, -0.25) is 5.10 Å². The van der Waals surface area contributed by atoms with Crippen molar-refractivity contribution in [2.75, 3.05) is 16.8 Å². The minimum atomic E-state index is -0.219. The van der Waals surface area contributed by atoms with Crippen LogP contribution >= 0.6 is 0 Å². The number of anilines is 3. The normalized spacial score (nSPS) is 18.7. The molecule has 2 fully saturated rings. The number of aromatic amines is 1. The number of aromatic nitrogens is 5. The van der Waals surface area contributed by atoms with E-state index in [-0.39, 0.29) is 11.9 Å². The van der Waals surface area contributed by atoms with Gasteiger partial charge in [-0.25, -0.2) is 4.39 Å². The number of hydrogen-bond donors (Lipinski definition) is 2. The van der Waals surface area contributed by atoms with Gasteiger partial charge < -0.3 is 10.2 Å². The standard InChI is InChI=1S/C23H28FN7/c1-14(2)12-20-25-22(26-21-13-18(29-30-21)15-5-6-15)28-23(27-20)31-11-3-4-19(31)16-7-9-17(24)10-8-16/h7-10,13-15,19H,3-6,11-12H2,1-2H3,(H2,25,26,27,28,29,30). The van der Waals surface area contributed by atoms with Crippen LogP contribution < -0.4 is 10.2 Å². The first-order valence-corrected chi connectivity index (χ1v) is 11.1. The first-order chi connectivity index (χ1) is 15.0. The summed E-state index contributed by atoms with van der Waals surface area (Å²) in [7, 11) is 0. The van der Waals surface area contributed by atoms with Crippen LogP contribution in [0.25, 0.3) is 0 Å². The molecule has 8 heteroatoms. The van der Waals surface area contributed by atoms with E-state index in [9.17, 15) is 4.39 Å². The molecule has 3 aromatic rings. The summed E-state index contributed by atoms with van der Waals surface area (Å²) in [6.07, 6.45) is 5.24. The smallest absolute Gasteiger partial charge is 0.233 e. The number of rotatable bonds is 7. The lowest BCUT2D eigenvalue weighted by Crippen LogP contribution is -2.26. The van der Waals surface area contributed by atoms with Crippen molar-refractivity contribution in [1.29, 1.82) is 0 Å². The highest BCUT2D eigenvalue weighted by atomic mass is 19.1. The molecule has 1 atom stereocenters. The zero-order chi connectivity index (χ0) is 21.4. The molecule has 1 saturated heterocycles. The van der Waals surface area contributed by atoms with Crippen molar-refractivity contribution >= 4 is 17.7 Å². The molecule has 1 aromatic carbocycles. The predicted molar refractivity (Wildman–Crippen MR) is 118 cm³/mol. The van der Waals surface area contributed by atoms with E-state index in [1.165, 1.54) is 25.0 Å². The quantitative estimate of drug-likeness (QED) is 0.565. The number of nitrogens with zero attached hydrogens (tertiary/aromatic N) is 5. The van der Waals surface area contributed by atoms with Crippen molar-refractivity contribution in [3.05, 3.63) is 53.2 Å². The SMILES string of the molecule is CC(C)Cc1nc(Nc2cc(C3CC3)[nH]n2)nc(N2CCCC2c2ccc(F)cc2)n1. The van der Waals surface area contributed by atoms with E-state index in [1.54, 1.807) is 0 Å². The number of benzene rings is 1. The molecule has 7 nitrogen and oxygen atoms in total. The van der Waals surface area contributed by atoms with Crippen LogP contribution in [0.4, 0.5) is 22.1 Å². The van der Waals surface area contributed by atoms with Crippen molar-refractivity contribution in [3.63, 3.8) is 0 Å². The Morgan fingerprint density at radius 3 is 2.68 bits per heavy atom. The van der Waals surface area contributed by atoms with Gasteiger partial charge in [-0.1, -0.05) is 26.0 Å². The third-order valence-electron chi connectivity index (χ3n) is 5.88. The zero-order valence-corrected chi connectivity index (χ0v) is 18.0. The molecule has 1 unspecified atom stereocenters. The summed E-state index contributed by atoms with van der Waals surface area (Å²) in [5.74, 6) is 3.49. The Labute approximate surface area is 181 Å². The Balaban J connectivity index is 1.44. The Morgan fingerprint density at radius 2 is 1.94 bits per heavy atom. The van der Waals surface area contributed by atoms with E-state index in [1.807, 2.05) is 18.2 Å². The summed E-state index contributed by atoms with van der Waals surface area (Å²) in [5.41, 5.74) is 2.25. The molecule has 2 N–H and O–H groups in total. The lowest BCUT2D eigenvalue weighted by molar-refractivity contribution is 0.612. The molecule has 31 heavy (non-hydrogen) atoms. The minimum absolute atomic E-state index is 0.134. The van der Waals surface area contributed by atoms with Gasteiger partial charge >= 0.3 is 0 Å². The van der Waals surface area contributed by atoms with Crippen molar-refractivity contribution in [3.8, 4) is 0 Å². The van der Waals surface area contributed by atoms with Crippen molar-refractivity contribution in [2.45, 2.75) is 57.9 Å². The average Bonchev–Trinajstić information content (AvgIpc) is 3.28. The highest BCUT2D eigenvalue weighted by Gasteiger charge is 2.29. The molecule has 1 saturated carbocycles. The molecule has 1 aliphatic heterocycles. The lowest BCUT2D eigenvalue weighted by atomic mass is 10.0. The average molecular weight is 422 g/mol. The van der Waals surface area contributed by atoms with Crippen LogP contribution in [0, 0.1) is 11.7 Å². The Kier molecular flexibility index (Phi) is 5.29. The van der Waals surface area contributed by atoms with Crippen LogP contribution in [0.1, 0.15) is 68.6 Å². The monoisotopic (exact) mass is 421 g/mol. The van der Waals surface area contributed by atoms with Crippen molar-refractivity contribution < 1.29 is 4.39 Å². The molecule has 3 heterocycles. The van der Waals surface area contributed by atoms with E-state index in [0.717, 1.165) is 48.7 Å². The van der Waals surface area contributed by atoms with E-state index in [0.29, 0.717) is 23.7 Å². The number of H-pyrrole nitrogens is 1. The summed E-state index contributed by atoms with van der Waals surface area (Å²) in [4.78, 5) is 16.4. The highest BCUT2D eigenvalue weighted by molar-refractivity contribution is 5.51. The van der Waals surface area contributed by atoms with Crippen molar-refractivity contribution in [1.82, 2.24) is 25.1 Å². The summed E-state index contributed by atoms with van der Waals surface area (Å²) in [6, 6.07) is 8.93. The number of halogens is 1. The van der Waals surface area contributed by atoms with Gasteiger partial charge in [0.15, 0.2) is 5.82 Å². The largest absolute Gasteiger partial charge is 0.334 e.